The van der Waals surface area contributed by atoms with Gasteiger partial charge >= 0.3 is 0 Å². The number of rotatable bonds is 5. The molecule has 2 saturated carbocycles. The van der Waals surface area contributed by atoms with Gasteiger partial charge in [0.1, 0.15) is 0 Å². The number of hydrogen-bond acceptors (Lipinski definition) is 2. The third kappa shape index (κ3) is 3.75. The van der Waals surface area contributed by atoms with Gasteiger partial charge in [-0.05, 0) is 37.5 Å². The fourth-order valence-electron chi connectivity index (χ4n) is 4.02. The lowest BCUT2D eigenvalue weighted by molar-refractivity contribution is -0.132. The van der Waals surface area contributed by atoms with Gasteiger partial charge < -0.3 is 11.1 Å². The number of carbonyl (C=O) groups excluding carboxylic acids is 1. The second kappa shape index (κ2) is 7.44. The fourth-order valence-corrected chi connectivity index (χ4v) is 4.02. The predicted molar refractivity (Wildman–Crippen MR) is 83.3 cm³/mol. The highest BCUT2D eigenvalue weighted by Crippen LogP contribution is 2.36. The van der Waals surface area contributed by atoms with E-state index in [2.05, 4.69) is 12.2 Å². The number of carbonyl (C=O) groups is 1. The molecule has 0 aliphatic heterocycles. The molecule has 116 valence electrons. The summed E-state index contributed by atoms with van der Waals surface area (Å²) < 4.78 is 0. The molecule has 0 bridgehead atoms. The minimum Gasteiger partial charge on any atom is -0.355 e. The highest BCUT2D eigenvalue weighted by Gasteiger charge is 2.38. The summed E-state index contributed by atoms with van der Waals surface area (Å²) in [5.74, 6) is 1.85. The van der Waals surface area contributed by atoms with Gasteiger partial charge in [-0.15, -0.1) is 0 Å². The van der Waals surface area contributed by atoms with Gasteiger partial charge in [-0.3, -0.25) is 4.79 Å². The molecule has 2 aliphatic rings. The van der Waals surface area contributed by atoms with E-state index in [1.807, 2.05) is 0 Å². The Morgan fingerprint density at radius 1 is 1.10 bits per heavy atom. The maximum Gasteiger partial charge on any atom is 0.227 e. The first-order chi connectivity index (χ1) is 9.70. The molecule has 3 heteroatoms. The molecule has 1 amide bonds. The Hall–Kier alpha value is -0.570. The summed E-state index contributed by atoms with van der Waals surface area (Å²) in [5, 5.41) is 3.23. The standard InChI is InChI=1S/C17H32N2O/c1-2-14-6-8-15(9-7-14)12-19-16(20)17(13-18)10-4-3-5-11-17/h14-15H,2-13,18H2,1H3,(H,19,20). The molecular formula is C17H32N2O. The molecule has 3 N–H and O–H groups in total. The van der Waals surface area contributed by atoms with Gasteiger partial charge in [0.2, 0.25) is 5.91 Å². The van der Waals surface area contributed by atoms with Crippen LogP contribution in [-0.4, -0.2) is 19.0 Å². The molecule has 0 aromatic heterocycles. The zero-order valence-electron chi connectivity index (χ0n) is 13.1. The first-order valence-electron chi connectivity index (χ1n) is 8.68. The van der Waals surface area contributed by atoms with Gasteiger partial charge in [-0.1, -0.05) is 45.4 Å². The van der Waals surface area contributed by atoms with Crippen molar-refractivity contribution in [2.75, 3.05) is 13.1 Å². The molecule has 3 nitrogen and oxygen atoms in total. The molecular weight excluding hydrogens is 248 g/mol. The zero-order valence-corrected chi connectivity index (χ0v) is 13.1. The largest absolute Gasteiger partial charge is 0.355 e. The monoisotopic (exact) mass is 280 g/mol. The molecule has 0 saturated heterocycles. The fraction of sp³-hybridized carbons (Fsp3) is 0.941. The Labute approximate surface area is 124 Å². The van der Waals surface area contributed by atoms with Gasteiger partial charge in [0.05, 0.1) is 5.41 Å². The van der Waals surface area contributed by atoms with Crippen LogP contribution in [-0.2, 0) is 4.79 Å². The topological polar surface area (TPSA) is 55.1 Å². The molecule has 0 spiro atoms. The Kier molecular flexibility index (Phi) is 5.88. The molecule has 0 heterocycles. The molecule has 0 aromatic carbocycles. The zero-order chi connectivity index (χ0) is 14.4. The van der Waals surface area contributed by atoms with Crippen LogP contribution < -0.4 is 11.1 Å². The van der Waals surface area contributed by atoms with Crippen LogP contribution in [0.15, 0.2) is 0 Å². The van der Waals surface area contributed by atoms with Crippen LogP contribution in [0.3, 0.4) is 0 Å². The van der Waals surface area contributed by atoms with Gasteiger partial charge in [0.15, 0.2) is 0 Å². The van der Waals surface area contributed by atoms with E-state index in [-0.39, 0.29) is 11.3 Å². The molecule has 2 fully saturated rings. The second-order valence-electron chi connectivity index (χ2n) is 7.05. The van der Waals surface area contributed by atoms with Crippen molar-refractivity contribution in [3.05, 3.63) is 0 Å². The van der Waals surface area contributed by atoms with E-state index < -0.39 is 0 Å². The lowest BCUT2D eigenvalue weighted by Crippen LogP contribution is -2.48. The van der Waals surface area contributed by atoms with Gasteiger partial charge in [0, 0.05) is 13.1 Å². The summed E-state index contributed by atoms with van der Waals surface area (Å²) in [5.41, 5.74) is 5.67. The highest BCUT2D eigenvalue weighted by atomic mass is 16.2. The number of amides is 1. The lowest BCUT2D eigenvalue weighted by Gasteiger charge is -2.35. The maximum absolute atomic E-state index is 12.5. The van der Waals surface area contributed by atoms with E-state index in [0.29, 0.717) is 12.5 Å². The molecule has 0 unspecified atom stereocenters. The normalized spacial score (nSPS) is 29.9. The van der Waals surface area contributed by atoms with E-state index in [1.54, 1.807) is 0 Å². The Morgan fingerprint density at radius 2 is 1.70 bits per heavy atom. The summed E-state index contributed by atoms with van der Waals surface area (Å²) in [6.45, 7) is 3.68. The number of hydrogen-bond donors (Lipinski definition) is 2. The van der Waals surface area contributed by atoms with E-state index in [0.717, 1.165) is 38.1 Å². The minimum atomic E-state index is -0.251. The van der Waals surface area contributed by atoms with Gasteiger partial charge in [-0.25, -0.2) is 0 Å². The van der Waals surface area contributed by atoms with Crippen molar-refractivity contribution in [2.45, 2.75) is 71.1 Å². The van der Waals surface area contributed by atoms with Crippen molar-refractivity contribution < 1.29 is 4.79 Å². The van der Waals surface area contributed by atoms with Crippen LogP contribution in [0.5, 0.6) is 0 Å². The van der Waals surface area contributed by atoms with Crippen LogP contribution in [0.4, 0.5) is 0 Å². The van der Waals surface area contributed by atoms with Crippen molar-refractivity contribution in [2.24, 2.45) is 23.0 Å². The van der Waals surface area contributed by atoms with Crippen LogP contribution in [0.2, 0.25) is 0 Å². The van der Waals surface area contributed by atoms with Crippen molar-refractivity contribution in [3.63, 3.8) is 0 Å². The number of nitrogens with one attached hydrogen (secondary N) is 1. The van der Waals surface area contributed by atoms with Crippen molar-refractivity contribution in [1.29, 1.82) is 0 Å². The third-order valence-electron chi connectivity index (χ3n) is 5.78. The molecule has 2 rings (SSSR count). The molecule has 0 atom stereocenters. The predicted octanol–water partition coefficient (Wildman–Crippen LogP) is 3.23. The van der Waals surface area contributed by atoms with Gasteiger partial charge in [-0.2, -0.15) is 0 Å². The third-order valence-corrected chi connectivity index (χ3v) is 5.78. The van der Waals surface area contributed by atoms with E-state index in [9.17, 15) is 4.79 Å². The minimum absolute atomic E-state index is 0.234. The van der Waals surface area contributed by atoms with E-state index in [4.69, 9.17) is 5.73 Å². The number of nitrogens with two attached hydrogens (primary N) is 1. The summed E-state index contributed by atoms with van der Waals surface area (Å²) in [6.07, 6.45) is 12.1. The Balaban J connectivity index is 1.77. The van der Waals surface area contributed by atoms with Crippen LogP contribution in [0, 0.1) is 17.3 Å². The van der Waals surface area contributed by atoms with E-state index in [1.165, 1.54) is 38.5 Å². The lowest BCUT2D eigenvalue weighted by atomic mass is 9.73. The SMILES string of the molecule is CCC1CCC(CNC(=O)C2(CN)CCCCC2)CC1. The van der Waals surface area contributed by atoms with Crippen LogP contribution in [0.1, 0.15) is 71.1 Å². The summed E-state index contributed by atoms with van der Waals surface area (Å²) >= 11 is 0. The maximum atomic E-state index is 12.5. The summed E-state index contributed by atoms with van der Waals surface area (Å²) in [4.78, 5) is 12.5. The Bertz CT molecular complexity index is 302. The quantitative estimate of drug-likeness (QED) is 0.812. The highest BCUT2D eigenvalue weighted by molar-refractivity contribution is 5.83. The molecule has 0 aromatic rings. The Morgan fingerprint density at radius 3 is 2.25 bits per heavy atom. The summed E-state index contributed by atoms with van der Waals surface area (Å²) in [6, 6.07) is 0. The van der Waals surface area contributed by atoms with Crippen molar-refractivity contribution in [1.82, 2.24) is 5.32 Å². The van der Waals surface area contributed by atoms with Gasteiger partial charge in [0.25, 0.3) is 0 Å². The van der Waals surface area contributed by atoms with Crippen LogP contribution in [0.25, 0.3) is 0 Å². The first kappa shape index (κ1) is 15.8. The second-order valence-corrected chi connectivity index (χ2v) is 7.05. The average Bonchev–Trinajstić information content (AvgIpc) is 2.53. The summed E-state index contributed by atoms with van der Waals surface area (Å²) in [7, 11) is 0. The molecule has 0 radical (unpaired) electrons. The smallest absolute Gasteiger partial charge is 0.227 e. The average molecular weight is 280 g/mol. The van der Waals surface area contributed by atoms with Crippen LogP contribution >= 0.6 is 0 Å². The van der Waals surface area contributed by atoms with Crippen molar-refractivity contribution >= 4 is 5.91 Å². The van der Waals surface area contributed by atoms with E-state index >= 15 is 0 Å². The van der Waals surface area contributed by atoms with Crippen molar-refractivity contribution in [3.8, 4) is 0 Å². The first-order valence-corrected chi connectivity index (χ1v) is 8.68. The molecule has 2 aliphatic carbocycles. The molecule has 20 heavy (non-hydrogen) atoms.